The minimum atomic E-state index is -1.03. The van der Waals surface area contributed by atoms with Gasteiger partial charge in [0, 0.05) is 25.3 Å². The zero-order valence-corrected chi connectivity index (χ0v) is 25.2. The largest absolute Gasteiger partial charge is 0.457 e. The van der Waals surface area contributed by atoms with Gasteiger partial charge < -0.3 is 20.1 Å². The van der Waals surface area contributed by atoms with Crippen molar-refractivity contribution in [2.45, 2.75) is 45.9 Å². The molecule has 0 radical (unpaired) electrons. The fourth-order valence-corrected chi connectivity index (χ4v) is 6.66. The molecule has 222 valence electrons. The number of benzene rings is 2. The van der Waals surface area contributed by atoms with E-state index in [1.54, 1.807) is 17.2 Å². The van der Waals surface area contributed by atoms with Crippen molar-refractivity contribution in [3.63, 3.8) is 0 Å². The van der Waals surface area contributed by atoms with Crippen LogP contribution in [0.15, 0.2) is 72.9 Å². The summed E-state index contributed by atoms with van der Waals surface area (Å²) in [5, 5.41) is 18.5. The Morgan fingerprint density at radius 3 is 2.74 bits per heavy atom. The predicted octanol–water partition coefficient (Wildman–Crippen LogP) is 6.86. The first kappa shape index (κ1) is 28.9. The average molecular weight is 598 g/mol. The highest BCUT2D eigenvalue weighted by Crippen LogP contribution is 2.48. The molecule has 4 aromatic rings. The number of urea groups is 1. The Balaban J connectivity index is 1.24. The number of allylic oxidation sites excluding steroid dienone is 1. The minimum absolute atomic E-state index is 0.0113. The molecular formula is C33H35N5O4S. The molecule has 0 bridgehead atoms. The van der Waals surface area contributed by atoms with Gasteiger partial charge in [-0.3, -0.25) is 15.0 Å². The fraction of sp³-hybridized carbons (Fsp3) is 0.303. The maximum Gasteiger partial charge on any atom is 0.331 e. The topological polar surface area (TPSA) is 107 Å². The highest BCUT2D eigenvalue weighted by atomic mass is 32.1. The number of carbonyl (C=O) groups is 2. The van der Waals surface area contributed by atoms with Crippen molar-refractivity contribution in [1.29, 1.82) is 0 Å². The number of aliphatic hydroxyl groups excluding tert-OH is 1. The van der Waals surface area contributed by atoms with Gasteiger partial charge in [0.05, 0.1) is 27.3 Å². The number of thiophene rings is 1. The van der Waals surface area contributed by atoms with Crippen molar-refractivity contribution < 1.29 is 19.4 Å². The lowest BCUT2D eigenvalue weighted by Crippen LogP contribution is -2.48. The van der Waals surface area contributed by atoms with Crippen LogP contribution in [0.4, 0.5) is 21.9 Å². The molecule has 4 heterocycles. The van der Waals surface area contributed by atoms with Gasteiger partial charge >= 0.3 is 6.03 Å². The summed E-state index contributed by atoms with van der Waals surface area (Å²) in [5.74, 6) is 1.70. The average Bonchev–Trinajstić information content (AvgIpc) is 3.37. The van der Waals surface area contributed by atoms with Crippen LogP contribution in [0.25, 0.3) is 10.2 Å². The van der Waals surface area contributed by atoms with Gasteiger partial charge in [-0.1, -0.05) is 38.1 Å². The summed E-state index contributed by atoms with van der Waals surface area (Å²) in [5.41, 5.74) is 2.86. The van der Waals surface area contributed by atoms with Gasteiger partial charge in [0.15, 0.2) is 0 Å². The molecule has 1 saturated heterocycles. The summed E-state index contributed by atoms with van der Waals surface area (Å²) >= 11 is 1.35. The van der Waals surface area contributed by atoms with E-state index in [0.29, 0.717) is 45.8 Å². The third kappa shape index (κ3) is 5.99. The highest BCUT2D eigenvalue weighted by molar-refractivity contribution is 7.19. The monoisotopic (exact) mass is 597 g/mol. The minimum Gasteiger partial charge on any atom is -0.457 e. The van der Waals surface area contributed by atoms with E-state index in [2.05, 4.69) is 15.6 Å². The Morgan fingerprint density at radius 2 is 1.98 bits per heavy atom. The Bertz CT molecular complexity index is 1690. The summed E-state index contributed by atoms with van der Waals surface area (Å²) in [4.78, 5) is 35.6. The molecule has 9 nitrogen and oxygen atoms in total. The number of carbonyl (C=O) groups excluding carboxylic acids is 2. The number of rotatable bonds is 8. The maximum atomic E-state index is 13.6. The molecule has 0 aliphatic carbocycles. The van der Waals surface area contributed by atoms with Crippen LogP contribution in [-0.2, 0) is 4.79 Å². The molecule has 2 aromatic heterocycles. The molecule has 0 saturated carbocycles. The molecule has 43 heavy (non-hydrogen) atoms. The normalized spacial score (nSPS) is 17.5. The number of likely N-dealkylation sites (tertiary alicyclic amines) is 1. The van der Waals surface area contributed by atoms with Crippen LogP contribution in [0.2, 0.25) is 0 Å². The number of piperidine rings is 1. The van der Waals surface area contributed by atoms with Crippen molar-refractivity contribution in [2.75, 3.05) is 23.3 Å². The number of anilines is 3. The van der Waals surface area contributed by atoms with Crippen molar-refractivity contribution in [2.24, 2.45) is 5.92 Å². The number of amides is 3. The van der Waals surface area contributed by atoms with Crippen LogP contribution < -0.4 is 20.3 Å². The number of ether oxygens (including phenoxy) is 1. The zero-order chi connectivity index (χ0) is 30.1. The number of hydrogen-bond acceptors (Lipinski definition) is 7. The van der Waals surface area contributed by atoms with Crippen LogP contribution in [0.5, 0.6) is 11.5 Å². The van der Waals surface area contributed by atoms with Crippen LogP contribution in [0.3, 0.4) is 0 Å². The number of hydrogen-bond donors (Lipinski definition) is 3. The molecule has 3 amide bonds. The van der Waals surface area contributed by atoms with Crippen molar-refractivity contribution in [3.05, 3.63) is 83.4 Å². The fourth-order valence-electron chi connectivity index (χ4n) is 5.60. The second-order valence-corrected chi connectivity index (χ2v) is 12.3. The second kappa shape index (κ2) is 12.2. The third-order valence-corrected chi connectivity index (χ3v) is 8.81. The summed E-state index contributed by atoms with van der Waals surface area (Å²) in [6, 6.07) is 16.6. The Kier molecular flexibility index (Phi) is 8.16. The number of nitrogens with zero attached hydrogens (tertiary/aromatic N) is 3. The summed E-state index contributed by atoms with van der Waals surface area (Å²) in [6.07, 6.45) is 5.88. The SMILES string of the molecule is Cc1cc(Oc2ccccc2)ccc1N1C(=O)Nc2c(C(O)N[C@@H]3CCCN(C(=O)/C=C/C(C)C)C3)sc3nccc1c23. The second-order valence-electron chi connectivity index (χ2n) is 11.3. The molecule has 3 N–H and O–H groups in total. The lowest BCUT2D eigenvalue weighted by Gasteiger charge is -2.34. The van der Waals surface area contributed by atoms with Gasteiger partial charge in [-0.2, -0.15) is 0 Å². The Hall–Kier alpha value is -4.25. The summed E-state index contributed by atoms with van der Waals surface area (Å²) in [7, 11) is 0. The first-order valence-electron chi connectivity index (χ1n) is 14.6. The molecule has 2 aliphatic heterocycles. The number of aryl methyl sites for hydroxylation is 1. The molecule has 1 fully saturated rings. The quantitative estimate of drug-likeness (QED) is 0.151. The van der Waals surface area contributed by atoms with E-state index in [4.69, 9.17) is 4.74 Å². The number of aromatic nitrogens is 1. The van der Waals surface area contributed by atoms with E-state index in [1.165, 1.54) is 11.3 Å². The molecular weight excluding hydrogens is 562 g/mol. The summed E-state index contributed by atoms with van der Waals surface area (Å²) in [6.45, 7) is 7.22. The number of para-hydroxylation sites is 1. The van der Waals surface area contributed by atoms with Gasteiger partial charge in [-0.05, 0) is 73.7 Å². The maximum absolute atomic E-state index is 13.6. The molecule has 2 aromatic carbocycles. The van der Waals surface area contributed by atoms with Crippen molar-refractivity contribution in [3.8, 4) is 11.5 Å². The lowest BCUT2D eigenvalue weighted by molar-refractivity contribution is -0.127. The molecule has 0 spiro atoms. The van der Waals surface area contributed by atoms with Crippen LogP contribution >= 0.6 is 11.3 Å². The Labute approximate surface area is 254 Å². The zero-order valence-electron chi connectivity index (χ0n) is 24.4. The molecule has 1 unspecified atom stereocenters. The standard InChI is InChI=1S/C33H35N5O4S/c1-20(2)11-14-27(39)37-17-7-8-22(19-37)35-31(40)30-29-28-26(15-16-34-32(28)43-30)38(33(41)36-29)25-13-12-24(18-21(25)3)42-23-9-5-4-6-10-23/h4-6,9-16,18,20,22,31,35,40H,7-8,17,19H2,1-3H3,(H,36,41)/b14-11+/t22-,31?/m1/s1. The Morgan fingerprint density at radius 1 is 1.16 bits per heavy atom. The smallest absolute Gasteiger partial charge is 0.331 e. The number of nitrogens with one attached hydrogen (secondary N) is 2. The molecule has 2 aliphatic rings. The van der Waals surface area contributed by atoms with Gasteiger partial charge in [0.2, 0.25) is 5.91 Å². The van der Waals surface area contributed by atoms with E-state index in [1.807, 2.05) is 86.3 Å². The van der Waals surface area contributed by atoms with Crippen molar-refractivity contribution in [1.82, 2.24) is 15.2 Å². The lowest BCUT2D eigenvalue weighted by atomic mass is 10.0. The highest BCUT2D eigenvalue weighted by Gasteiger charge is 2.34. The van der Waals surface area contributed by atoms with Crippen LogP contribution in [0.1, 0.15) is 43.4 Å². The van der Waals surface area contributed by atoms with Gasteiger partial charge in [-0.25, -0.2) is 9.78 Å². The molecule has 2 atom stereocenters. The van der Waals surface area contributed by atoms with E-state index in [9.17, 15) is 14.7 Å². The van der Waals surface area contributed by atoms with E-state index >= 15 is 0 Å². The van der Waals surface area contributed by atoms with Crippen LogP contribution in [-0.4, -0.2) is 46.1 Å². The first-order chi connectivity index (χ1) is 20.8. The third-order valence-electron chi connectivity index (χ3n) is 7.66. The van der Waals surface area contributed by atoms with Gasteiger partial charge in [-0.15, -0.1) is 11.3 Å². The molecule has 6 rings (SSSR count). The number of aliphatic hydroxyl groups is 1. The van der Waals surface area contributed by atoms with E-state index in [-0.39, 0.29) is 18.0 Å². The predicted molar refractivity (Wildman–Crippen MR) is 170 cm³/mol. The summed E-state index contributed by atoms with van der Waals surface area (Å²) < 4.78 is 5.99. The van der Waals surface area contributed by atoms with Gasteiger partial charge in [0.1, 0.15) is 22.6 Å². The van der Waals surface area contributed by atoms with Gasteiger partial charge in [0.25, 0.3) is 0 Å². The first-order valence-corrected chi connectivity index (χ1v) is 15.4. The van der Waals surface area contributed by atoms with E-state index < -0.39 is 6.23 Å². The van der Waals surface area contributed by atoms with E-state index in [0.717, 1.165) is 35.2 Å². The number of pyridine rings is 1. The van der Waals surface area contributed by atoms with Crippen molar-refractivity contribution >= 4 is 50.6 Å². The molecule has 10 heteroatoms. The van der Waals surface area contributed by atoms with Crippen LogP contribution in [0, 0.1) is 12.8 Å².